The van der Waals surface area contributed by atoms with Crippen molar-refractivity contribution in [1.29, 1.82) is 0 Å². The van der Waals surface area contributed by atoms with Crippen LogP contribution in [-0.2, 0) is 0 Å². The molecule has 0 amide bonds. The fourth-order valence-electron chi connectivity index (χ4n) is 2.98. The molecule has 2 atom stereocenters. The minimum atomic E-state index is 0.472. The van der Waals surface area contributed by atoms with Gasteiger partial charge in [0.15, 0.2) is 0 Å². The van der Waals surface area contributed by atoms with E-state index < -0.39 is 0 Å². The Morgan fingerprint density at radius 3 is 2.44 bits per heavy atom. The average molecular weight is 330 g/mol. The molecule has 1 unspecified atom stereocenters. The van der Waals surface area contributed by atoms with Crippen molar-refractivity contribution >= 4 is 27.3 Å². The van der Waals surface area contributed by atoms with Crippen LogP contribution in [0.5, 0.6) is 0 Å². The lowest BCUT2D eigenvalue weighted by Gasteiger charge is -2.26. The van der Waals surface area contributed by atoms with Crippen molar-refractivity contribution in [3.05, 3.63) is 20.8 Å². The van der Waals surface area contributed by atoms with Gasteiger partial charge in [-0.3, -0.25) is 0 Å². The first kappa shape index (κ1) is 14.5. The van der Waals surface area contributed by atoms with Gasteiger partial charge in [-0.15, -0.1) is 11.3 Å². The molecule has 1 saturated carbocycles. The first-order valence-electron chi connectivity index (χ1n) is 7.17. The molecule has 1 aromatic rings. The smallest absolute Gasteiger partial charge is 0.0388 e. The van der Waals surface area contributed by atoms with Gasteiger partial charge in [0.2, 0.25) is 0 Å². The highest BCUT2D eigenvalue weighted by Gasteiger charge is 2.21. The highest BCUT2D eigenvalue weighted by Crippen LogP contribution is 2.29. The van der Waals surface area contributed by atoms with Crippen LogP contribution in [0.2, 0.25) is 0 Å². The van der Waals surface area contributed by atoms with E-state index in [2.05, 4.69) is 46.5 Å². The summed E-state index contributed by atoms with van der Waals surface area (Å²) in [5.74, 6) is 0.873. The lowest BCUT2D eigenvalue weighted by molar-refractivity contribution is 0.318. The normalized spacial score (nSPS) is 21.5. The van der Waals surface area contributed by atoms with Crippen molar-refractivity contribution in [2.75, 3.05) is 0 Å². The van der Waals surface area contributed by atoms with Gasteiger partial charge in [-0.25, -0.2) is 0 Å². The number of halogens is 1. The Hall–Kier alpha value is 0.140. The molecule has 1 aliphatic carbocycles. The van der Waals surface area contributed by atoms with Crippen molar-refractivity contribution < 1.29 is 0 Å². The number of thiophene rings is 1. The van der Waals surface area contributed by atoms with Crippen LogP contribution in [0.4, 0.5) is 0 Å². The van der Waals surface area contributed by atoms with Crippen LogP contribution in [0.15, 0.2) is 15.9 Å². The number of hydrogen-bond donors (Lipinski definition) is 1. The maximum atomic E-state index is 3.80. The molecule has 0 spiro atoms. The van der Waals surface area contributed by atoms with Gasteiger partial charge in [0.05, 0.1) is 0 Å². The Kier molecular flexibility index (Phi) is 5.71. The summed E-state index contributed by atoms with van der Waals surface area (Å²) < 4.78 is 1.21. The zero-order valence-electron chi connectivity index (χ0n) is 11.4. The lowest BCUT2D eigenvalue weighted by Crippen LogP contribution is -2.35. The maximum Gasteiger partial charge on any atom is 0.0388 e. The summed E-state index contributed by atoms with van der Waals surface area (Å²) in [6, 6.07) is 3.35. The molecule has 0 aromatic carbocycles. The summed E-state index contributed by atoms with van der Waals surface area (Å²) in [4.78, 5) is 1.43. The van der Waals surface area contributed by atoms with E-state index in [-0.39, 0.29) is 0 Å². The van der Waals surface area contributed by atoms with Crippen LogP contribution in [0, 0.1) is 5.92 Å². The third kappa shape index (κ3) is 4.07. The van der Waals surface area contributed by atoms with E-state index in [4.69, 9.17) is 0 Å². The molecule has 1 aliphatic rings. The summed E-state index contributed by atoms with van der Waals surface area (Å²) in [7, 11) is 0. The van der Waals surface area contributed by atoms with E-state index in [0.717, 1.165) is 5.92 Å². The molecule has 0 aliphatic heterocycles. The maximum absolute atomic E-state index is 3.80. The Bertz CT molecular complexity index is 355. The van der Waals surface area contributed by atoms with E-state index in [1.54, 1.807) is 0 Å². The first-order valence-corrected chi connectivity index (χ1v) is 8.84. The molecule has 1 aromatic heterocycles. The Morgan fingerprint density at radius 2 is 1.89 bits per heavy atom. The minimum absolute atomic E-state index is 0.472. The Morgan fingerprint density at radius 1 is 1.22 bits per heavy atom. The Balaban J connectivity index is 1.87. The van der Waals surface area contributed by atoms with Gasteiger partial charge < -0.3 is 5.32 Å². The lowest BCUT2D eigenvalue weighted by atomic mass is 9.92. The molecule has 3 heteroatoms. The Labute approximate surface area is 123 Å². The van der Waals surface area contributed by atoms with E-state index in [1.165, 1.54) is 47.9 Å². The third-order valence-electron chi connectivity index (χ3n) is 4.13. The third-order valence-corrected chi connectivity index (χ3v) is 6.01. The SMILES string of the molecule is CC(N[C@H](C)C1CCCCCC1)c1cc(Br)cs1. The monoisotopic (exact) mass is 329 g/mol. The highest BCUT2D eigenvalue weighted by molar-refractivity contribution is 9.10. The van der Waals surface area contributed by atoms with Crippen molar-refractivity contribution in [3.8, 4) is 0 Å². The quantitative estimate of drug-likeness (QED) is 0.717. The van der Waals surface area contributed by atoms with Gasteiger partial charge in [-0.1, -0.05) is 25.7 Å². The molecule has 0 bridgehead atoms. The largest absolute Gasteiger partial charge is 0.307 e. The van der Waals surface area contributed by atoms with Crippen molar-refractivity contribution in [2.45, 2.75) is 64.5 Å². The molecule has 1 fully saturated rings. The van der Waals surface area contributed by atoms with Crippen LogP contribution in [0.1, 0.15) is 63.3 Å². The second kappa shape index (κ2) is 7.06. The van der Waals surface area contributed by atoms with Crippen LogP contribution in [0.25, 0.3) is 0 Å². The van der Waals surface area contributed by atoms with Crippen molar-refractivity contribution in [1.82, 2.24) is 5.32 Å². The molecule has 1 heterocycles. The van der Waals surface area contributed by atoms with E-state index in [1.807, 2.05) is 11.3 Å². The van der Waals surface area contributed by atoms with Crippen LogP contribution in [-0.4, -0.2) is 6.04 Å². The molecule has 18 heavy (non-hydrogen) atoms. The molecule has 0 radical (unpaired) electrons. The van der Waals surface area contributed by atoms with Crippen LogP contribution < -0.4 is 5.32 Å². The van der Waals surface area contributed by atoms with Gasteiger partial charge in [-0.2, -0.15) is 0 Å². The van der Waals surface area contributed by atoms with Crippen molar-refractivity contribution in [2.24, 2.45) is 5.92 Å². The predicted molar refractivity (Wildman–Crippen MR) is 84.2 cm³/mol. The first-order chi connectivity index (χ1) is 8.66. The summed E-state index contributed by atoms with van der Waals surface area (Å²) >= 11 is 5.38. The number of hydrogen-bond acceptors (Lipinski definition) is 2. The van der Waals surface area contributed by atoms with Gasteiger partial charge in [-0.05, 0) is 54.6 Å². The van der Waals surface area contributed by atoms with Gasteiger partial charge in [0, 0.05) is 26.8 Å². The van der Waals surface area contributed by atoms with Gasteiger partial charge in [0.25, 0.3) is 0 Å². The average Bonchev–Trinajstić information content (AvgIpc) is 2.63. The van der Waals surface area contributed by atoms with E-state index in [9.17, 15) is 0 Å². The molecule has 102 valence electrons. The molecule has 0 saturated heterocycles. The fourth-order valence-corrected chi connectivity index (χ4v) is 4.44. The van der Waals surface area contributed by atoms with Crippen LogP contribution in [0.3, 0.4) is 0 Å². The molecular formula is C15H24BrNS. The number of nitrogens with one attached hydrogen (secondary N) is 1. The van der Waals surface area contributed by atoms with E-state index in [0.29, 0.717) is 12.1 Å². The van der Waals surface area contributed by atoms with E-state index >= 15 is 0 Å². The number of rotatable bonds is 4. The summed E-state index contributed by atoms with van der Waals surface area (Å²) in [5.41, 5.74) is 0. The standard InChI is InChI=1S/C15H24BrNS/c1-11(13-7-5-3-4-6-8-13)17-12(2)15-9-14(16)10-18-15/h9-13,17H,3-8H2,1-2H3/t11-,12?/m1/s1. The molecule has 2 rings (SSSR count). The molecule has 1 N–H and O–H groups in total. The molecular weight excluding hydrogens is 306 g/mol. The minimum Gasteiger partial charge on any atom is -0.307 e. The highest BCUT2D eigenvalue weighted by atomic mass is 79.9. The van der Waals surface area contributed by atoms with Gasteiger partial charge in [0.1, 0.15) is 0 Å². The molecule has 1 nitrogen and oxygen atoms in total. The van der Waals surface area contributed by atoms with Crippen molar-refractivity contribution in [3.63, 3.8) is 0 Å². The van der Waals surface area contributed by atoms with Crippen LogP contribution >= 0.6 is 27.3 Å². The topological polar surface area (TPSA) is 12.0 Å². The summed E-state index contributed by atoms with van der Waals surface area (Å²) in [6.07, 6.45) is 8.56. The predicted octanol–water partition coefficient (Wildman–Crippen LogP) is 5.52. The summed E-state index contributed by atoms with van der Waals surface area (Å²) in [5, 5.41) is 5.97. The second-order valence-electron chi connectivity index (χ2n) is 5.60. The van der Waals surface area contributed by atoms with Gasteiger partial charge >= 0.3 is 0 Å². The fraction of sp³-hybridized carbons (Fsp3) is 0.733. The zero-order valence-corrected chi connectivity index (χ0v) is 13.8. The zero-order chi connectivity index (χ0) is 13.0. The summed E-state index contributed by atoms with van der Waals surface area (Å²) in [6.45, 7) is 4.65. The second-order valence-corrected chi connectivity index (χ2v) is 7.45.